The van der Waals surface area contributed by atoms with Gasteiger partial charge in [0, 0.05) is 17.7 Å². The van der Waals surface area contributed by atoms with Crippen LogP contribution in [0.4, 0.5) is 0 Å². The molecule has 0 aliphatic carbocycles. The molecule has 0 spiro atoms. The summed E-state index contributed by atoms with van der Waals surface area (Å²) in [4.78, 5) is 12.2. The molecule has 1 saturated heterocycles. The van der Waals surface area contributed by atoms with E-state index in [1.807, 2.05) is 13.0 Å². The van der Waals surface area contributed by atoms with E-state index < -0.39 is 0 Å². The summed E-state index contributed by atoms with van der Waals surface area (Å²) in [5, 5.41) is 11.7. The lowest BCUT2D eigenvalue weighted by atomic mass is 10.0. The molecule has 1 heterocycles. The SMILES string of the molecule is Cc1c(C#CCO)cccc1C(=O)NC1CCOC1. The molecule has 0 aromatic heterocycles. The molecule has 1 amide bonds. The van der Waals surface area contributed by atoms with E-state index in [0.717, 1.165) is 17.5 Å². The van der Waals surface area contributed by atoms with E-state index in [-0.39, 0.29) is 18.6 Å². The fourth-order valence-electron chi connectivity index (χ4n) is 2.06. The average Bonchev–Trinajstić information content (AvgIpc) is 2.90. The Labute approximate surface area is 112 Å². The number of carbonyl (C=O) groups is 1. The molecule has 2 N–H and O–H groups in total. The van der Waals surface area contributed by atoms with Gasteiger partial charge in [-0.05, 0) is 31.0 Å². The minimum absolute atomic E-state index is 0.0964. The largest absolute Gasteiger partial charge is 0.384 e. The predicted octanol–water partition coefficient (Wildman–Crippen LogP) is 0.858. The maximum absolute atomic E-state index is 12.2. The van der Waals surface area contributed by atoms with E-state index in [1.54, 1.807) is 12.1 Å². The molecule has 0 radical (unpaired) electrons. The fraction of sp³-hybridized carbons (Fsp3) is 0.400. The molecule has 2 rings (SSSR count). The zero-order chi connectivity index (χ0) is 13.7. The third-order valence-electron chi connectivity index (χ3n) is 3.15. The van der Waals surface area contributed by atoms with Crippen LogP contribution >= 0.6 is 0 Å². The summed E-state index contributed by atoms with van der Waals surface area (Å²) in [6.45, 7) is 2.96. The van der Waals surface area contributed by atoms with Gasteiger partial charge in [0.2, 0.25) is 0 Å². The van der Waals surface area contributed by atoms with E-state index in [2.05, 4.69) is 17.2 Å². The van der Waals surface area contributed by atoms with E-state index in [9.17, 15) is 4.79 Å². The minimum Gasteiger partial charge on any atom is -0.384 e. The molecular weight excluding hydrogens is 242 g/mol. The van der Waals surface area contributed by atoms with Crippen molar-refractivity contribution in [2.24, 2.45) is 0 Å². The number of nitrogens with one attached hydrogen (secondary N) is 1. The van der Waals surface area contributed by atoms with E-state index in [0.29, 0.717) is 18.8 Å². The monoisotopic (exact) mass is 259 g/mol. The summed E-state index contributed by atoms with van der Waals surface area (Å²) < 4.78 is 5.24. The van der Waals surface area contributed by atoms with Crippen LogP contribution in [0.2, 0.25) is 0 Å². The van der Waals surface area contributed by atoms with Crippen LogP contribution in [0.3, 0.4) is 0 Å². The Morgan fingerprint density at radius 2 is 2.42 bits per heavy atom. The molecule has 1 aromatic carbocycles. The van der Waals surface area contributed by atoms with Crippen molar-refractivity contribution in [3.8, 4) is 11.8 Å². The zero-order valence-electron chi connectivity index (χ0n) is 10.9. The first-order chi connectivity index (χ1) is 9.22. The smallest absolute Gasteiger partial charge is 0.251 e. The number of rotatable bonds is 2. The van der Waals surface area contributed by atoms with Crippen molar-refractivity contribution in [3.63, 3.8) is 0 Å². The highest BCUT2D eigenvalue weighted by Gasteiger charge is 2.19. The Kier molecular flexibility index (Phi) is 4.56. The van der Waals surface area contributed by atoms with E-state index >= 15 is 0 Å². The lowest BCUT2D eigenvalue weighted by Gasteiger charge is -2.12. The van der Waals surface area contributed by atoms with Crippen LogP contribution in [0.25, 0.3) is 0 Å². The lowest BCUT2D eigenvalue weighted by Crippen LogP contribution is -2.35. The Morgan fingerprint density at radius 1 is 1.58 bits per heavy atom. The predicted molar refractivity (Wildman–Crippen MR) is 71.8 cm³/mol. The van der Waals surface area contributed by atoms with Crippen LogP contribution < -0.4 is 5.32 Å². The summed E-state index contributed by atoms with van der Waals surface area (Å²) in [6.07, 6.45) is 0.856. The van der Waals surface area contributed by atoms with Crippen molar-refractivity contribution in [2.45, 2.75) is 19.4 Å². The van der Waals surface area contributed by atoms with Gasteiger partial charge in [-0.1, -0.05) is 17.9 Å². The van der Waals surface area contributed by atoms with Crippen LogP contribution in [-0.4, -0.2) is 36.9 Å². The molecule has 1 fully saturated rings. The number of hydrogen-bond acceptors (Lipinski definition) is 3. The first kappa shape index (κ1) is 13.6. The third kappa shape index (κ3) is 3.34. The molecule has 1 aliphatic heterocycles. The number of amides is 1. The Morgan fingerprint density at radius 3 is 3.11 bits per heavy atom. The summed E-state index contributed by atoms with van der Waals surface area (Å²) in [5.41, 5.74) is 2.22. The Balaban J connectivity index is 2.16. The lowest BCUT2D eigenvalue weighted by molar-refractivity contribution is 0.0929. The van der Waals surface area contributed by atoms with Gasteiger partial charge in [0.15, 0.2) is 0 Å². The zero-order valence-corrected chi connectivity index (χ0v) is 10.9. The van der Waals surface area contributed by atoms with Gasteiger partial charge in [0.25, 0.3) is 5.91 Å². The van der Waals surface area contributed by atoms with Crippen molar-refractivity contribution in [2.75, 3.05) is 19.8 Å². The van der Waals surface area contributed by atoms with Gasteiger partial charge in [0.1, 0.15) is 6.61 Å². The third-order valence-corrected chi connectivity index (χ3v) is 3.15. The molecule has 1 aromatic rings. The fourth-order valence-corrected chi connectivity index (χ4v) is 2.06. The maximum Gasteiger partial charge on any atom is 0.251 e. The van der Waals surface area contributed by atoms with Crippen molar-refractivity contribution in [3.05, 3.63) is 34.9 Å². The number of ether oxygens (including phenoxy) is 1. The molecule has 100 valence electrons. The van der Waals surface area contributed by atoms with Crippen LogP contribution in [0.1, 0.15) is 27.9 Å². The van der Waals surface area contributed by atoms with Crippen molar-refractivity contribution < 1.29 is 14.6 Å². The van der Waals surface area contributed by atoms with E-state index in [4.69, 9.17) is 9.84 Å². The second-order valence-electron chi connectivity index (χ2n) is 4.47. The standard InChI is InChI=1S/C15H17NO3/c1-11-12(5-3-8-17)4-2-6-14(11)15(18)16-13-7-9-19-10-13/h2,4,6,13,17H,7-10H2,1H3,(H,16,18). The van der Waals surface area contributed by atoms with Crippen LogP contribution in [0.15, 0.2) is 18.2 Å². The highest BCUT2D eigenvalue weighted by atomic mass is 16.5. The van der Waals surface area contributed by atoms with Gasteiger partial charge in [-0.15, -0.1) is 0 Å². The molecule has 19 heavy (non-hydrogen) atoms. The van der Waals surface area contributed by atoms with Crippen LogP contribution in [0.5, 0.6) is 0 Å². The van der Waals surface area contributed by atoms with E-state index in [1.165, 1.54) is 0 Å². The van der Waals surface area contributed by atoms with Crippen LogP contribution in [-0.2, 0) is 4.74 Å². The molecule has 1 unspecified atom stereocenters. The summed E-state index contributed by atoms with van der Waals surface area (Å²) in [5.74, 6) is 5.35. The molecule has 0 bridgehead atoms. The second-order valence-corrected chi connectivity index (χ2v) is 4.47. The normalized spacial score (nSPS) is 17.7. The Hall–Kier alpha value is -1.83. The quantitative estimate of drug-likeness (QED) is 0.774. The van der Waals surface area contributed by atoms with Gasteiger partial charge in [0.05, 0.1) is 12.6 Å². The molecule has 1 atom stereocenters. The van der Waals surface area contributed by atoms with Gasteiger partial charge in [-0.3, -0.25) is 4.79 Å². The maximum atomic E-state index is 12.2. The number of aliphatic hydroxyl groups excluding tert-OH is 1. The van der Waals surface area contributed by atoms with Crippen molar-refractivity contribution in [1.29, 1.82) is 0 Å². The van der Waals surface area contributed by atoms with Gasteiger partial charge in [-0.2, -0.15) is 0 Å². The number of hydrogen-bond donors (Lipinski definition) is 2. The first-order valence-electron chi connectivity index (χ1n) is 6.30. The van der Waals surface area contributed by atoms with Gasteiger partial charge < -0.3 is 15.2 Å². The minimum atomic E-state index is -0.185. The average molecular weight is 259 g/mol. The Bertz CT molecular complexity index is 522. The highest BCUT2D eigenvalue weighted by molar-refractivity contribution is 5.96. The molecule has 1 aliphatic rings. The topological polar surface area (TPSA) is 58.6 Å². The van der Waals surface area contributed by atoms with Crippen molar-refractivity contribution in [1.82, 2.24) is 5.32 Å². The summed E-state index contributed by atoms with van der Waals surface area (Å²) in [7, 11) is 0. The number of aliphatic hydroxyl groups is 1. The molecule has 0 saturated carbocycles. The molecular formula is C15H17NO3. The van der Waals surface area contributed by atoms with Crippen molar-refractivity contribution >= 4 is 5.91 Å². The second kappa shape index (κ2) is 6.37. The highest BCUT2D eigenvalue weighted by Crippen LogP contribution is 2.14. The molecule has 4 nitrogen and oxygen atoms in total. The van der Waals surface area contributed by atoms with Crippen LogP contribution in [0, 0.1) is 18.8 Å². The number of benzene rings is 1. The number of carbonyl (C=O) groups excluding carboxylic acids is 1. The summed E-state index contributed by atoms with van der Waals surface area (Å²) in [6, 6.07) is 5.52. The van der Waals surface area contributed by atoms with Gasteiger partial charge in [-0.25, -0.2) is 0 Å². The van der Waals surface area contributed by atoms with Gasteiger partial charge >= 0.3 is 0 Å². The molecule has 4 heteroatoms. The first-order valence-corrected chi connectivity index (χ1v) is 6.30. The summed E-state index contributed by atoms with van der Waals surface area (Å²) >= 11 is 0.